The molecule has 1 rings (SSSR count). The Morgan fingerprint density at radius 1 is 1.10 bits per heavy atom. The van der Waals surface area contributed by atoms with Crippen molar-refractivity contribution in [1.82, 2.24) is 0 Å². The molecule has 0 aromatic heterocycles. The molecule has 1 aliphatic rings. The fourth-order valence-corrected chi connectivity index (χ4v) is 1.07. The van der Waals surface area contributed by atoms with Crippen LogP contribution in [0.1, 0.15) is 0 Å². The summed E-state index contributed by atoms with van der Waals surface area (Å²) in [6, 6.07) is 0. The van der Waals surface area contributed by atoms with Gasteiger partial charge in [0.25, 0.3) is 0 Å². The summed E-state index contributed by atoms with van der Waals surface area (Å²) in [4.78, 5) is 19.9. The van der Waals surface area contributed by atoms with Crippen LogP contribution in [-0.2, 0) is 14.3 Å². The Bertz CT molecular complexity index is 151. The monoisotopic (exact) mass is 274 g/mol. The number of esters is 2. The number of carbonyl (C=O) groups excluding carboxylic acids is 2. The minimum Gasteiger partial charge on any atom is -0.412 e. The molecule has 0 aliphatic carbocycles. The lowest BCUT2D eigenvalue weighted by Crippen LogP contribution is -2.15. The van der Waals surface area contributed by atoms with Crippen LogP contribution in [0.15, 0.2) is 0 Å². The van der Waals surface area contributed by atoms with Gasteiger partial charge in [-0.15, -0.1) is 0 Å². The predicted octanol–water partition coefficient (Wildman–Crippen LogP) is -0.228. The minimum absolute atomic E-state index is 0. The van der Waals surface area contributed by atoms with Gasteiger partial charge in [-0.1, -0.05) is 31.9 Å². The molecule has 6 heteroatoms. The van der Waals surface area contributed by atoms with Crippen LogP contribution in [0.4, 0.5) is 0 Å². The lowest BCUT2D eigenvalue weighted by molar-refractivity contribution is -0.151. The van der Waals surface area contributed by atoms with Gasteiger partial charge < -0.3 is 10.2 Å². The van der Waals surface area contributed by atoms with Crippen molar-refractivity contribution >= 4 is 43.8 Å². The van der Waals surface area contributed by atoms with Crippen molar-refractivity contribution in [1.29, 1.82) is 0 Å². The highest BCUT2D eigenvalue weighted by Gasteiger charge is 2.40. The molecule has 0 bridgehead atoms. The topological polar surface area (TPSA) is 74.9 Å². The molecular weight excluding hydrogens is 272 g/mol. The number of hydrogen-bond donors (Lipinski definition) is 0. The van der Waals surface area contributed by atoms with Crippen molar-refractivity contribution in [2.24, 2.45) is 0 Å². The number of alkyl halides is 2. The first-order chi connectivity index (χ1) is 4.13. The Balaban J connectivity index is 0.000000810. The first kappa shape index (κ1) is 10.1. The third-order valence-electron chi connectivity index (χ3n) is 0.908. The Labute approximate surface area is 73.5 Å². The zero-order valence-electron chi connectivity index (χ0n) is 4.64. The lowest BCUT2D eigenvalue weighted by Gasteiger charge is -1.92. The Morgan fingerprint density at radius 3 is 1.50 bits per heavy atom. The third kappa shape index (κ3) is 1.56. The van der Waals surface area contributed by atoms with E-state index in [4.69, 9.17) is 0 Å². The molecule has 2 atom stereocenters. The van der Waals surface area contributed by atoms with Gasteiger partial charge in [-0.25, -0.2) is 0 Å². The Morgan fingerprint density at radius 2 is 1.40 bits per heavy atom. The number of hydrogen-bond acceptors (Lipinski definition) is 3. The van der Waals surface area contributed by atoms with Crippen LogP contribution < -0.4 is 0 Å². The molecule has 1 saturated heterocycles. The van der Waals surface area contributed by atoms with E-state index >= 15 is 0 Å². The van der Waals surface area contributed by atoms with E-state index in [2.05, 4.69) is 36.6 Å². The van der Waals surface area contributed by atoms with Crippen LogP contribution >= 0.6 is 31.9 Å². The summed E-state index contributed by atoms with van der Waals surface area (Å²) in [5.41, 5.74) is 0. The van der Waals surface area contributed by atoms with Crippen molar-refractivity contribution in [3.8, 4) is 0 Å². The molecule has 1 heterocycles. The van der Waals surface area contributed by atoms with E-state index in [0.717, 1.165) is 0 Å². The molecule has 0 spiro atoms. The number of halogens is 2. The molecule has 4 nitrogen and oxygen atoms in total. The number of cyclic esters (lactones) is 2. The molecular formula is C4H4Br2O4. The zero-order valence-corrected chi connectivity index (χ0v) is 7.81. The number of rotatable bonds is 0. The van der Waals surface area contributed by atoms with Crippen molar-refractivity contribution < 1.29 is 19.8 Å². The van der Waals surface area contributed by atoms with Crippen molar-refractivity contribution in [2.45, 2.75) is 9.65 Å². The summed E-state index contributed by atoms with van der Waals surface area (Å²) >= 11 is 5.93. The van der Waals surface area contributed by atoms with E-state index in [1.807, 2.05) is 0 Å². The van der Waals surface area contributed by atoms with E-state index in [0.29, 0.717) is 0 Å². The SMILES string of the molecule is O.O=C1OC(=O)C(Br)C1Br. The van der Waals surface area contributed by atoms with Crippen LogP contribution in [0, 0.1) is 0 Å². The van der Waals surface area contributed by atoms with Gasteiger partial charge in [0.1, 0.15) is 9.65 Å². The first-order valence-corrected chi connectivity index (χ1v) is 3.99. The molecule has 0 radical (unpaired) electrons. The summed E-state index contributed by atoms with van der Waals surface area (Å²) in [5, 5.41) is 0. The van der Waals surface area contributed by atoms with E-state index in [-0.39, 0.29) is 5.48 Å². The van der Waals surface area contributed by atoms with Gasteiger partial charge in [-0.3, -0.25) is 9.59 Å². The highest BCUT2D eigenvalue weighted by Crippen LogP contribution is 2.23. The lowest BCUT2D eigenvalue weighted by atomic mass is 10.4. The summed E-state index contributed by atoms with van der Waals surface area (Å²) in [6.07, 6.45) is 0. The van der Waals surface area contributed by atoms with Gasteiger partial charge in [0.2, 0.25) is 0 Å². The molecule has 58 valence electrons. The second-order valence-electron chi connectivity index (χ2n) is 1.54. The molecule has 1 aliphatic heterocycles. The van der Waals surface area contributed by atoms with Gasteiger partial charge in [0.15, 0.2) is 0 Å². The molecule has 2 unspecified atom stereocenters. The average Bonchev–Trinajstić information content (AvgIpc) is 1.98. The maximum atomic E-state index is 10.5. The fourth-order valence-electron chi connectivity index (χ4n) is 0.451. The van der Waals surface area contributed by atoms with E-state index < -0.39 is 21.6 Å². The van der Waals surface area contributed by atoms with Crippen LogP contribution in [0.5, 0.6) is 0 Å². The summed E-state index contributed by atoms with van der Waals surface area (Å²) in [5.74, 6) is -1.05. The molecule has 10 heavy (non-hydrogen) atoms. The number of carbonyl (C=O) groups is 2. The van der Waals surface area contributed by atoms with Crippen molar-refractivity contribution in [2.75, 3.05) is 0 Å². The van der Waals surface area contributed by atoms with Crippen LogP contribution in [0.3, 0.4) is 0 Å². The quantitative estimate of drug-likeness (QED) is 0.348. The third-order valence-corrected chi connectivity index (χ3v) is 3.42. The Kier molecular flexibility index (Phi) is 3.47. The van der Waals surface area contributed by atoms with Crippen LogP contribution in [-0.4, -0.2) is 27.1 Å². The van der Waals surface area contributed by atoms with Crippen molar-refractivity contribution in [3.63, 3.8) is 0 Å². The molecule has 0 aromatic carbocycles. The van der Waals surface area contributed by atoms with E-state index in [1.54, 1.807) is 0 Å². The second kappa shape index (κ2) is 3.45. The molecule has 0 saturated carbocycles. The van der Waals surface area contributed by atoms with Gasteiger partial charge in [-0.05, 0) is 0 Å². The largest absolute Gasteiger partial charge is 0.412 e. The van der Waals surface area contributed by atoms with Crippen molar-refractivity contribution in [3.05, 3.63) is 0 Å². The van der Waals surface area contributed by atoms with Crippen LogP contribution in [0.2, 0.25) is 0 Å². The summed E-state index contributed by atoms with van der Waals surface area (Å²) < 4.78 is 4.21. The summed E-state index contributed by atoms with van der Waals surface area (Å²) in [6.45, 7) is 0. The van der Waals surface area contributed by atoms with Gasteiger partial charge >= 0.3 is 11.9 Å². The Hall–Kier alpha value is 0.0600. The second-order valence-corrected chi connectivity index (χ2v) is 3.52. The highest BCUT2D eigenvalue weighted by molar-refractivity contribution is 9.12. The molecule has 1 fully saturated rings. The maximum absolute atomic E-state index is 10.5. The maximum Gasteiger partial charge on any atom is 0.329 e. The minimum atomic E-state index is -0.526. The smallest absolute Gasteiger partial charge is 0.329 e. The van der Waals surface area contributed by atoms with Gasteiger partial charge in [0.05, 0.1) is 0 Å². The van der Waals surface area contributed by atoms with E-state index in [1.165, 1.54) is 0 Å². The number of ether oxygens (including phenoxy) is 1. The summed E-state index contributed by atoms with van der Waals surface area (Å²) in [7, 11) is 0. The highest BCUT2D eigenvalue weighted by atomic mass is 79.9. The average molecular weight is 276 g/mol. The normalized spacial score (nSPS) is 31.4. The fraction of sp³-hybridized carbons (Fsp3) is 0.500. The molecule has 0 amide bonds. The zero-order chi connectivity index (χ0) is 7.02. The first-order valence-electron chi connectivity index (χ1n) is 2.16. The van der Waals surface area contributed by atoms with E-state index in [9.17, 15) is 9.59 Å². The molecule has 0 aromatic rings. The standard InChI is InChI=1S/C4H2Br2O3.H2O/c5-1-2(6)4(8)9-3(1)7;/h1-2H;1H2. The molecule has 2 N–H and O–H groups in total. The predicted molar refractivity (Wildman–Crippen MR) is 40.1 cm³/mol. The van der Waals surface area contributed by atoms with Gasteiger partial charge in [0, 0.05) is 0 Å². The van der Waals surface area contributed by atoms with Crippen LogP contribution in [0.25, 0.3) is 0 Å². The van der Waals surface area contributed by atoms with Gasteiger partial charge in [-0.2, -0.15) is 0 Å².